The van der Waals surface area contributed by atoms with Crippen LogP contribution in [0.15, 0.2) is 53.1 Å². The van der Waals surface area contributed by atoms with E-state index >= 15 is 0 Å². The monoisotopic (exact) mass is 406 g/mol. The Hall–Kier alpha value is -3.35. The first-order valence-corrected chi connectivity index (χ1v) is 10.4. The number of rotatable bonds is 6. The molecule has 4 rings (SSSR count). The van der Waals surface area contributed by atoms with Crippen molar-refractivity contribution in [1.82, 2.24) is 15.0 Å². The highest BCUT2D eigenvalue weighted by atomic mass is 16.5. The first-order chi connectivity index (χ1) is 14.7. The van der Waals surface area contributed by atoms with Gasteiger partial charge < -0.3 is 19.1 Å². The Morgan fingerprint density at radius 2 is 1.70 bits per heavy atom. The molecule has 0 atom stereocenters. The van der Waals surface area contributed by atoms with Crippen molar-refractivity contribution in [3.05, 3.63) is 60.0 Å². The number of nitrogens with zero attached hydrogens (tertiary/aromatic N) is 4. The average molecular weight is 406 g/mol. The van der Waals surface area contributed by atoms with Gasteiger partial charge in [-0.25, -0.2) is 0 Å². The molecular weight excluding hydrogens is 380 g/mol. The minimum absolute atomic E-state index is 0.0666. The van der Waals surface area contributed by atoms with E-state index in [1.807, 2.05) is 55.1 Å². The van der Waals surface area contributed by atoms with E-state index in [1.165, 1.54) is 0 Å². The number of benzene rings is 2. The van der Waals surface area contributed by atoms with Crippen LogP contribution < -0.4 is 9.64 Å². The summed E-state index contributed by atoms with van der Waals surface area (Å²) in [5.74, 6) is 2.11. The number of carbonyl (C=O) groups is 1. The number of ether oxygens (including phenoxy) is 1. The molecule has 156 valence electrons. The lowest BCUT2D eigenvalue weighted by Gasteiger charge is -2.36. The lowest BCUT2D eigenvalue weighted by atomic mass is 10.1. The third-order valence-corrected chi connectivity index (χ3v) is 5.24. The second kappa shape index (κ2) is 8.98. The van der Waals surface area contributed by atoms with Crippen LogP contribution >= 0.6 is 0 Å². The number of aromatic nitrogens is 2. The lowest BCUT2D eigenvalue weighted by Crippen LogP contribution is -2.48. The van der Waals surface area contributed by atoms with Crippen molar-refractivity contribution in [3.63, 3.8) is 0 Å². The molecule has 7 nitrogen and oxygen atoms in total. The first kappa shape index (κ1) is 19.9. The second-order valence-corrected chi connectivity index (χ2v) is 7.15. The highest BCUT2D eigenvalue weighted by Gasteiger charge is 2.22. The summed E-state index contributed by atoms with van der Waals surface area (Å²) in [6, 6.07) is 15.5. The number of amides is 1. The largest absolute Gasteiger partial charge is 0.494 e. The zero-order chi connectivity index (χ0) is 20.9. The molecule has 0 N–H and O–H groups in total. The number of piperazine rings is 1. The molecule has 1 aromatic heterocycles. The van der Waals surface area contributed by atoms with E-state index in [0.29, 0.717) is 37.0 Å². The van der Waals surface area contributed by atoms with Gasteiger partial charge in [-0.15, -0.1) is 0 Å². The molecule has 0 spiro atoms. The van der Waals surface area contributed by atoms with Crippen molar-refractivity contribution in [1.29, 1.82) is 0 Å². The highest BCUT2D eigenvalue weighted by molar-refractivity contribution is 5.94. The van der Waals surface area contributed by atoms with Gasteiger partial charge in [-0.3, -0.25) is 4.79 Å². The van der Waals surface area contributed by atoms with Gasteiger partial charge in [0.05, 0.1) is 6.61 Å². The van der Waals surface area contributed by atoms with Crippen LogP contribution in [0.1, 0.15) is 30.1 Å². The number of anilines is 1. The molecule has 0 aliphatic carbocycles. The Labute approximate surface area is 176 Å². The molecule has 0 saturated carbocycles. The van der Waals surface area contributed by atoms with Crippen molar-refractivity contribution in [2.45, 2.75) is 20.3 Å². The zero-order valence-electron chi connectivity index (χ0n) is 17.4. The van der Waals surface area contributed by atoms with Gasteiger partial charge in [0, 0.05) is 49.4 Å². The molecule has 1 saturated heterocycles. The zero-order valence-corrected chi connectivity index (χ0v) is 17.4. The summed E-state index contributed by atoms with van der Waals surface area (Å²) < 4.78 is 10.6. The maximum absolute atomic E-state index is 12.8. The highest BCUT2D eigenvalue weighted by Crippen LogP contribution is 2.23. The van der Waals surface area contributed by atoms with Gasteiger partial charge in [-0.1, -0.05) is 12.1 Å². The van der Waals surface area contributed by atoms with Crippen molar-refractivity contribution in [2.75, 3.05) is 37.7 Å². The Balaban J connectivity index is 1.35. The summed E-state index contributed by atoms with van der Waals surface area (Å²) >= 11 is 0. The molecule has 1 fully saturated rings. The van der Waals surface area contributed by atoms with Crippen molar-refractivity contribution in [2.24, 2.45) is 0 Å². The predicted octanol–water partition coefficient (Wildman–Crippen LogP) is 3.66. The maximum atomic E-state index is 12.8. The fourth-order valence-electron chi connectivity index (χ4n) is 3.55. The molecule has 3 aromatic rings. The minimum atomic E-state index is 0.0666. The lowest BCUT2D eigenvalue weighted by molar-refractivity contribution is 0.0746. The van der Waals surface area contributed by atoms with Gasteiger partial charge in [-0.2, -0.15) is 4.98 Å². The standard InChI is InChI=1S/C23H26N4O3/c1-3-21-24-22(25-30-21)17-5-9-19(10-6-17)26-13-15-27(16-14-26)23(28)18-7-11-20(12-8-18)29-4-2/h5-12H,3-4,13-16H2,1-2H3. The quantitative estimate of drug-likeness (QED) is 0.622. The maximum Gasteiger partial charge on any atom is 0.253 e. The SMILES string of the molecule is CCOc1ccc(C(=O)N2CCN(c3ccc(-c4noc(CC)n4)cc3)CC2)cc1. The van der Waals surface area contributed by atoms with Crippen LogP contribution in [0.5, 0.6) is 5.75 Å². The van der Waals surface area contributed by atoms with Gasteiger partial charge in [0.2, 0.25) is 11.7 Å². The van der Waals surface area contributed by atoms with Crippen LogP contribution in [-0.2, 0) is 6.42 Å². The first-order valence-electron chi connectivity index (χ1n) is 10.4. The Bertz CT molecular complexity index is 974. The van der Waals surface area contributed by atoms with Crippen LogP contribution in [0.4, 0.5) is 5.69 Å². The van der Waals surface area contributed by atoms with Gasteiger partial charge >= 0.3 is 0 Å². The van der Waals surface area contributed by atoms with E-state index in [2.05, 4.69) is 27.2 Å². The molecule has 1 aliphatic heterocycles. The van der Waals surface area contributed by atoms with Crippen molar-refractivity contribution < 1.29 is 14.1 Å². The molecular formula is C23H26N4O3. The summed E-state index contributed by atoms with van der Waals surface area (Å²) in [6.07, 6.45) is 0.727. The van der Waals surface area contributed by atoms with Gasteiger partial charge in [-0.05, 0) is 55.5 Å². The van der Waals surface area contributed by atoms with Gasteiger partial charge in [0.25, 0.3) is 5.91 Å². The molecule has 30 heavy (non-hydrogen) atoms. The van der Waals surface area contributed by atoms with Crippen LogP contribution in [0.2, 0.25) is 0 Å². The number of hydrogen-bond acceptors (Lipinski definition) is 6. The normalized spacial score (nSPS) is 14.1. The second-order valence-electron chi connectivity index (χ2n) is 7.15. The van der Waals surface area contributed by atoms with E-state index < -0.39 is 0 Å². The molecule has 2 aromatic carbocycles. The number of aryl methyl sites for hydroxylation is 1. The predicted molar refractivity (Wildman–Crippen MR) is 115 cm³/mol. The fraction of sp³-hybridized carbons (Fsp3) is 0.348. The van der Waals surface area contributed by atoms with E-state index in [4.69, 9.17) is 9.26 Å². The molecule has 0 unspecified atom stereocenters. The number of carbonyl (C=O) groups excluding carboxylic acids is 1. The Morgan fingerprint density at radius 3 is 2.30 bits per heavy atom. The van der Waals surface area contributed by atoms with Gasteiger partial charge in [0.15, 0.2) is 0 Å². The van der Waals surface area contributed by atoms with Crippen LogP contribution in [0, 0.1) is 0 Å². The minimum Gasteiger partial charge on any atom is -0.494 e. The molecule has 7 heteroatoms. The van der Waals surface area contributed by atoms with Crippen molar-refractivity contribution in [3.8, 4) is 17.1 Å². The topological polar surface area (TPSA) is 71.7 Å². The molecule has 1 amide bonds. The number of hydrogen-bond donors (Lipinski definition) is 0. The summed E-state index contributed by atoms with van der Waals surface area (Å²) in [4.78, 5) is 21.4. The smallest absolute Gasteiger partial charge is 0.253 e. The van der Waals surface area contributed by atoms with Gasteiger partial charge in [0.1, 0.15) is 5.75 Å². The molecule has 1 aliphatic rings. The van der Waals surface area contributed by atoms with Crippen LogP contribution in [0.3, 0.4) is 0 Å². The van der Waals surface area contributed by atoms with Crippen LogP contribution in [-0.4, -0.2) is 53.7 Å². The third-order valence-electron chi connectivity index (χ3n) is 5.24. The summed E-state index contributed by atoms with van der Waals surface area (Å²) in [5.41, 5.74) is 2.76. The third kappa shape index (κ3) is 4.30. The van der Waals surface area contributed by atoms with E-state index in [9.17, 15) is 4.79 Å². The summed E-state index contributed by atoms with van der Waals surface area (Å²) in [7, 11) is 0. The Kier molecular flexibility index (Phi) is 5.97. The summed E-state index contributed by atoms with van der Waals surface area (Å²) in [6.45, 7) is 7.52. The molecule has 0 bridgehead atoms. The summed E-state index contributed by atoms with van der Waals surface area (Å²) in [5, 5.41) is 4.02. The van der Waals surface area contributed by atoms with Crippen LogP contribution in [0.25, 0.3) is 11.4 Å². The van der Waals surface area contributed by atoms with Crippen molar-refractivity contribution >= 4 is 11.6 Å². The molecule has 0 radical (unpaired) electrons. The molecule has 2 heterocycles. The fourth-order valence-corrected chi connectivity index (χ4v) is 3.55. The average Bonchev–Trinajstić information content (AvgIpc) is 3.29. The van der Waals surface area contributed by atoms with E-state index in [1.54, 1.807) is 0 Å². The Morgan fingerprint density at radius 1 is 1.00 bits per heavy atom. The van der Waals surface area contributed by atoms with E-state index in [0.717, 1.165) is 36.5 Å². The van der Waals surface area contributed by atoms with E-state index in [-0.39, 0.29) is 5.91 Å².